The SMILES string of the molecule is [LiH].[LiH].c1ccc(CCCCc2ccccc2)cc1. The molecule has 0 aliphatic carbocycles. The van der Waals surface area contributed by atoms with Crippen LogP contribution in [0.25, 0.3) is 0 Å². The van der Waals surface area contributed by atoms with Gasteiger partial charge in [-0.2, -0.15) is 0 Å². The minimum Gasteiger partial charge on any atom is -0.0622 e. The number of benzene rings is 2. The molecule has 2 heteroatoms. The summed E-state index contributed by atoms with van der Waals surface area (Å²) in [6.45, 7) is 0. The van der Waals surface area contributed by atoms with Crippen LogP contribution in [0.2, 0.25) is 0 Å². The molecule has 18 heavy (non-hydrogen) atoms. The zero-order valence-corrected chi connectivity index (χ0v) is 9.60. The molecule has 0 N–H and O–H groups in total. The van der Waals surface area contributed by atoms with Crippen LogP contribution in [0.4, 0.5) is 0 Å². The van der Waals surface area contributed by atoms with E-state index >= 15 is 0 Å². The molecule has 0 fully saturated rings. The molecule has 0 saturated carbocycles. The zero-order chi connectivity index (χ0) is 11.1. The van der Waals surface area contributed by atoms with Crippen LogP contribution >= 0.6 is 0 Å². The van der Waals surface area contributed by atoms with Crippen molar-refractivity contribution in [2.24, 2.45) is 0 Å². The maximum absolute atomic E-state index is 2.21. The molecule has 2 aromatic rings. The third-order valence-corrected chi connectivity index (χ3v) is 2.87. The maximum atomic E-state index is 2.21. The van der Waals surface area contributed by atoms with Gasteiger partial charge >= 0.3 is 37.7 Å². The smallest absolute Gasteiger partial charge is 0.0279 e. The van der Waals surface area contributed by atoms with Crippen molar-refractivity contribution >= 4 is 37.7 Å². The molecule has 86 valence electrons. The van der Waals surface area contributed by atoms with Crippen LogP contribution in [-0.4, -0.2) is 37.7 Å². The minimum atomic E-state index is 0. The molecule has 0 aliphatic rings. The number of rotatable bonds is 5. The maximum Gasteiger partial charge on any atom is -0.0279 e. The molecule has 0 heterocycles. The first kappa shape index (κ1) is 17.6. The molecule has 2 aromatic carbocycles. The minimum absolute atomic E-state index is 0. The van der Waals surface area contributed by atoms with Gasteiger partial charge < -0.3 is 0 Å². The summed E-state index contributed by atoms with van der Waals surface area (Å²) in [5.74, 6) is 0. The van der Waals surface area contributed by atoms with Gasteiger partial charge in [-0.1, -0.05) is 60.7 Å². The summed E-state index contributed by atoms with van der Waals surface area (Å²) in [7, 11) is 0. The third kappa shape index (κ3) is 6.54. The van der Waals surface area contributed by atoms with Crippen molar-refractivity contribution in [3.05, 3.63) is 71.8 Å². The molecule has 0 radical (unpaired) electrons. The fourth-order valence-electron chi connectivity index (χ4n) is 1.95. The number of unbranched alkanes of at least 4 members (excludes halogenated alkanes) is 1. The Balaban J connectivity index is 0.00000144. The topological polar surface area (TPSA) is 0 Å². The predicted molar refractivity (Wildman–Crippen MR) is 83.8 cm³/mol. The average molecular weight is 226 g/mol. The summed E-state index contributed by atoms with van der Waals surface area (Å²) < 4.78 is 0. The molecule has 0 unspecified atom stereocenters. The van der Waals surface area contributed by atoms with Crippen molar-refractivity contribution < 1.29 is 0 Å². The van der Waals surface area contributed by atoms with E-state index in [0.29, 0.717) is 0 Å². The van der Waals surface area contributed by atoms with Crippen LogP contribution in [0.1, 0.15) is 24.0 Å². The van der Waals surface area contributed by atoms with Crippen molar-refractivity contribution in [3.8, 4) is 0 Å². The second-order valence-electron chi connectivity index (χ2n) is 4.18. The molecule has 0 amide bonds. The van der Waals surface area contributed by atoms with Crippen LogP contribution in [0.5, 0.6) is 0 Å². The second kappa shape index (κ2) is 10.5. The monoisotopic (exact) mass is 226 g/mol. The van der Waals surface area contributed by atoms with Crippen molar-refractivity contribution in [3.63, 3.8) is 0 Å². The molecule has 0 atom stereocenters. The molecular formula is C16H20Li2. The number of hydrogen-bond donors (Lipinski definition) is 0. The van der Waals surface area contributed by atoms with Crippen molar-refractivity contribution in [2.45, 2.75) is 25.7 Å². The molecule has 0 spiro atoms. The third-order valence-electron chi connectivity index (χ3n) is 2.87. The standard InChI is InChI=1S/C16H18.2Li.2H/c1-3-9-15(10-4-1)13-7-8-14-16-11-5-2-6-12-16;;;;/h1-6,9-12H,7-8,13-14H2;;;;. The van der Waals surface area contributed by atoms with Gasteiger partial charge in [0, 0.05) is 0 Å². The Labute approximate surface area is 135 Å². The van der Waals surface area contributed by atoms with Gasteiger partial charge in [-0.3, -0.25) is 0 Å². The van der Waals surface area contributed by atoms with E-state index in [1.165, 1.54) is 36.8 Å². The molecule has 0 aliphatic heterocycles. The predicted octanol–water partition coefficient (Wildman–Crippen LogP) is 2.96. The van der Waals surface area contributed by atoms with Crippen LogP contribution in [0, 0.1) is 0 Å². The van der Waals surface area contributed by atoms with Crippen LogP contribution in [-0.2, 0) is 12.8 Å². The van der Waals surface area contributed by atoms with E-state index in [-0.39, 0.29) is 37.7 Å². The van der Waals surface area contributed by atoms with Gasteiger partial charge in [0.05, 0.1) is 0 Å². The van der Waals surface area contributed by atoms with Gasteiger partial charge in [0.15, 0.2) is 0 Å². The fourth-order valence-corrected chi connectivity index (χ4v) is 1.95. The van der Waals surface area contributed by atoms with E-state index in [1.54, 1.807) is 0 Å². The van der Waals surface area contributed by atoms with E-state index in [0.717, 1.165) is 0 Å². The molecule has 0 nitrogen and oxygen atoms in total. The Kier molecular flexibility index (Phi) is 10.3. The summed E-state index contributed by atoms with van der Waals surface area (Å²) in [6, 6.07) is 21.5. The first-order valence-corrected chi connectivity index (χ1v) is 6.03. The van der Waals surface area contributed by atoms with Crippen LogP contribution < -0.4 is 0 Å². The van der Waals surface area contributed by atoms with Gasteiger partial charge in [-0.25, -0.2) is 0 Å². The van der Waals surface area contributed by atoms with E-state index in [1.807, 2.05) is 0 Å². The molecule has 0 bridgehead atoms. The van der Waals surface area contributed by atoms with Gasteiger partial charge in [-0.05, 0) is 36.8 Å². The van der Waals surface area contributed by atoms with Crippen molar-refractivity contribution in [1.29, 1.82) is 0 Å². The Bertz CT molecular complexity index is 356. The van der Waals surface area contributed by atoms with Gasteiger partial charge in [0.25, 0.3) is 0 Å². The van der Waals surface area contributed by atoms with Gasteiger partial charge in [0.2, 0.25) is 0 Å². The Morgan fingerprint density at radius 3 is 1.17 bits per heavy atom. The van der Waals surface area contributed by atoms with E-state index in [9.17, 15) is 0 Å². The van der Waals surface area contributed by atoms with E-state index in [2.05, 4.69) is 60.7 Å². The normalized spacial score (nSPS) is 9.11. The van der Waals surface area contributed by atoms with Crippen LogP contribution in [0.15, 0.2) is 60.7 Å². The average Bonchev–Trinajstić information content (AvgIpc) is 2.37. The summed E-state index contributed by atoms with van der Waals surface area (Å²) in [5.41, 5.74) is 2.91. The summed E-state index contributed by atoms with van der Waals surface area (Å²) >= 11 is 0. The quantitative estimate of drug-likeness (QED) is 0.543. The largest absolute Gasteiger partial charge is 0.0622 e. The van der Waals surface area contributed by atoms with Crippen molar-refractivity contribution in [1.82, 2.24) is 0 Å². The Morgan fingerprint density at radius 1 is 0.500 bits per heavy atom. The van der Waals surface area contributed by atoms with Crippen molar-refractivity contribution in [2.75, 3.05) is 0 Å². The van der Waals surface area contributed by atoms with E-state index < -0.39 is 0 Å². The van der Waals surface area contributed by atoms with Gasteiger partial charge in [-0.15, -0.1) is 0 Å². The summed E-state index contributed by atoms with van der Waals surface area (Å²) in [6.07, 6.45) is 4.96. The summed E-state index contributed by atoms with van der Waals surface area (Å²) in [4.78, 5) is 0. The van der Waals surface area contributed by atoms with E-state index in [4.69, 9.17) is 0 Å². The van der Waals surface area contributed by atoms with Gasteiger partial charge in [0.1, 0.15) is 0 Å². The molecule has 0 saturated heterocycles. The number of aryl methyl sites for hydroxylation is 2. The Morgan fingerprint density at radius 2 is 0.833 bits per heavy atom. The first-order valence-electron chi connectivity index (χ1n) is 6.03. The summed E-state index contributed by atoms with van der Waals surface area (Å²) in [5, 5.41) is 0. The first-order chi connectivity index (χ1) is 7.95. The Hall–Kier alpha value is -0.365. The zero-order valence-electron chi connectivity index (χ0n) is 9.60. The molecule has 0 aromatic heterocycles. The van der Waals surface area contributed by atoms with Crippen LogP contribution in [0.3, 0.4) is 0 Å². The number of hydrogen-bond acceptors (Lipinski definition) is 0. The second-order valence-corrected chi connectivity index (χ2v) is 4.18. The molecular weight excluding hydrogens is 206 g/mol. The molecule has 2 rings (SSSR count). The fraction of sp³-hybridized carbons (Fsp3) is 0.250.